The normalized spacial score (nSPS) is 14.3. The van der Waals surface area contributed by atoms with Crippen LogP contribution in [0.4, 0.5) is 5.69 Å². The fourth-order valence-electron chi connectivity index (χ4n) is 3.39. The van der Waals surface area contributed by atoms with E-state index in [1.807, 2.05) is 6.07 Å². The van der Waals surface area contributed by atoms with Crippen LogP contribution in [0.2, 0.25) is 10.0 Å². The van der Waals surface area contributed by atoms with Crippen molar-refractivity contribution in [2.24, 2.45) is 0 Å². The summed E-state index contributed by atoms with van der Waals surface area (Å²) in [4.78, 5) is 31.7. The molecule has 0 bridgehead atoms. The minimum Gasteiger partial charge on any atom is -0.501 e. The first kappa shape index (κ1) is 20.7. The van der Waals surface area contributed by atoms with Gasteiger partial charge in [0.2, 0.25) is 5.75 Å². The van der Waals surface area contributed by atoms with E-state index < -0.39 is 17.1 Å². The molecule has 1 aliphatic heterocycles. The lowest BCUT2D eigenvalue weighted by atomic mass is 10.1. The van der Waals surface area contributed by atoms with E-state index in [1.165, 1.54) is 4.40 Å². The van der Waals surface area contributed by atoms with E-state index in [1.54, 1.807) is 30.5 Å². The summed E-state index contributed by atoms with van der Waals surface area (Å²) in [5.74, 6) is -1.07. The highest BCUT2D eigenvalue weighted by molar-refractivity contribution is 6.42. The third-order valence-corrected chi connectivity index (χ3v) is 5.79. The van der Waals surface area contributed by atoms with Crippen LogP contribution in [-0.4, -0.2) is 46.6 Å². The zero-order chi connectivity index (χ0) is 21.3. The van der Waals surface area contributed by atoms with Crippen LogP contribution in [0.3, 0.4) is 0 Å². The number of aromatic hydroxyl groups is 1. The number of hydrogen-bond donors (Lipinski definition) is 1. The van der Waals surface area contributed by atoms with Gasteiger partial charge in [0.25, 0.3) is 0 Å². The third-order valence-electron chi connectivity index (χ3n) is 5.05. The van der Waals surface area contributed by atoms with Gasteiger partial charge in [0.1, 0.15) is 5.65 Å². The lowest BCUT2D eigenvalue weighted by Crippen LogP contribution is -2.36. The number of ketones is 1. The van der Waals surface area contributed by atoms with Crippen LogP contribution in [0, 0.1) is 0 Å². The first-order valence-corrected chi connectivity index (χ1v) is 10.2. The first-order valence-electron chi connectivity index (χ1n) is 9.49. The molecule has 0 aliphatic carbocycles. The van der Waals surface area contributed by atoms with Crippen LogP contribution < -0.4 is 10.5 Å². The summed E-state index contributed by atoms with van der Waals surface area (Å²) < 4.78 is 6.61. The van der Waals surface area contributed by atoms with E-state index in [2.05, 4.69) is 9.88 Å². The lowest BCUT2D eigenvalue weighted by molar-refractivity contribution is 0.0975. The molecule has 1 aromatic carbocycles. The van der Waals surface area contributed by atoms with E-state index in [0.29, 0.717) is 48.4 Å². The molecule has 3 heterocycles. The number of morpholine rings is 1. The quantitative estimate of drug-likeness (QED) is 0.603. The van der Waals surface area contributed by atoms with Gasteiger partial charge >= 0.3 is 5.56 Å². The molecule has 0 spiro atoms. The molecule has 1 fully saturated rings. The molecule has 30 heavy (non-hydrogen) atoms. The number of Topliss-reactive ketones (excluding diaryl/α,β-unsaturated/α-hetero) is 1. The van der Waals surface area contributed by atoms with Crippen molar-refractivity contribution >= 4 is 40.3 Å². The summed E-state index contributed by atoms with van der Waals surface area (Å²) in [7, 11) is 0. The number of carbonyl (C=O) groups excluding carboxylic acids is 1. The molecular formula is C21H19Cl2N3O4. The summed E-state index contributed by atoms with van der Waals surface area (Å²) >= 11 is 11.9. The average Bonchev–Trinajstić information content (AvgIpc) is 2.77. The van der Waals surface area contributed by atoms with Gasteiger partial charge in [-0.1, -0.05) is 29.3 Å². The Bertz CT molecular complexity index is 1170. The molecule has 7 nitrogen and oxygen atoms in total. The fraction of sp³-hybridized carbons (Fsp3) is 0.286. The van der Waals surface area contributed by atoms with Gasteiger partial charge in [0.05, 0.1) is 28.9 Å². The Balaban J connectivity index is 1.59. The molecule has 2 aromatic heterocycles. The highest BCUT2D eigenvalue weighted by atomic mass is 35.5. The zero-order valence-corrected chi connectivity index (χ0v) is 17.5. The number of rotatable bonds is 5. The SMILES string of the molecule is O=C(CCc1ccc(Cl)c(Cl)c1)c1nc2ccc(N3CCOCC3)cn2c(=O)c1O. The summed E-state index contributed by atoms with van der Waals surface area (Å²) in [5.41, 5.74) is 1.05. The number of carbonyl (C=O) groups is 1. The Morgan fingerprint density at radius 3 is 2.63 bits per heavy atom. The van der Waals surface area contributed by atoms with Gasteiger partial charge in [-0.2, -0.15) is 0 Å². The number of fused-ring (bicyclic) bond motifs is 1. The predicted octanol–water partition coefficient (Wildman–Crippen LogP) is 3.36. The average molecular weight is 448 g/mol. The molecule has 4 rings (SSSR count). The summed E-state index contributed by atoms with van der Waals surface area (Å²) in [5, 5.41) is 11.2. The minimum atomic E-state index is -0.673. The summed E-state index contributed by atoms with van der Waals surface area (Å²) in [6.45, 7) is 2.65. The standard InChI is InChI=1S/C21H19Cl2N3O4/c22-15-4-1-13(11-16(15)23)2-5-17(27)19-20(28)21(29)26-12-14(3-6-18(26)24-19)25-7-9-30-10-8-25/h1,3-4,6,11-12,28H,2,5,7-10H2. The van der Waals surface area contributed by atoms with Gasteiger partial charge < -0.3 is 14.7 Å². The van der Waals surface area contributed by atoms with Crippen LogP contribution in [-0.2, 0) is 11.2 Å². The van der Waals surface area contributed by atoms with Crippen LogP contribution in [0.1, 0.15) is 22.5 Å². The van der Waals surface area contributed by atoms with Crippen molar-refractivity contribution in [3.63, 3.8) is 0 Å². The van der Waals surface area contributed by atoms with Crippen LogP contribution in [0.15, 0.2) is 41.3 Å². The minimum absolute atomic E-state index is 0.0694. The smallest absolute Gasteiger partial charge is 0.300 e. The molecule has 9 heteroatoms. The summed E-state index contributed by atoms with van der Waals surface area (Å²) in [6, 6.07) is 8.63. The Morgan fingerprint density at radius 1 is 1.13 bits per heavy atom. The maximum Gasteiger partial charge on any atom is 0.300 e. The van der Waals surface area contributed by atoms with E-state index >= 15 is 0 Å². The Hall–Kier alpha value is -2.61. The second kappa shape index (κ2) is 8.63. The molecule has 1 saturated heterocycles. The monoisotopic (exact) mass is 447 g/mol. The number of nitrogens with zero attached hydrogens (tertiary/aromatic N) is 3. The number of anilines is 1. The molecule has 1 aliphatic rings. The van der Waals surface area contributed by atoms with E-state index in [0.717, 1.165) is 11.3 Å². The van der Waals surface area contributed by atoms with Crippen molar-refractivity contribution in [2.45, 2.75) is 12.8 Å². The number of ether oxygens (including phenoxy) is 1. The molecule has 0 saturated carbocycles. The molecule has 0 amide bonds. The number of benzene rings is 1. The van der Waals surface area contributed by atoms with Gasteiger partial charge in [-0.05, 0) is 36.2 Å². The van der Waals surface area contributed by atoms with E-state index in [-0.39, 0.29) is 12.1 Å². The van der Waals surface area contributed by atoms with Gasteiger partial charge in [0.15, 0.2) is 11.5 Å². The second-order valence-corrected chi connectivity index (χ2v) is 7.82. The molecule has 0 radical (unpaired) electrons. The van der Waals surface area contributed by atoms with E-state index in [9.17, 15) is 14.7 Å². The maximum atomic E-state index is 12.7. The maximum absolute atomic E-state index is 12.7. The molecule has 156 valence electrons. The predicted molar refractivity (Wildman–Crippen MR) is 115 cm³/mol. The number of halogens is 2. The van der Waals surface area contributed by atoms with Gasteiger partial charge in [-0.15, -0.1) is 0 Å². The van der Waals surface area contributed by atoms with Gasteiger partial charge in [0, 0.05) is 25.7 Å². The fourth-order valence-corrected chi connectivity index (χ4v) is 3.71. The highest BCUT2D eigenvalue weighted by Gasteiger charge is 2.20. The van der Waals surface area contributed by atoms with Gasteiger partial charge in [-0.3, -0.25) is 14.0 Å². The Labute approximate surface area is 182 Å². The van der Waals surface area contributed by atoms with E-state index in [4.69, 9.17) is 27.9 Å². The molecule has 1 N–H and O–H groups in total. The zero-order valence-electron chi connectivity index (χ0n) is 16.0. The second-order valence-electron chi connectivity index (χ2n) is 7.00. The van der Waals surface area contributed by atoms with Crippen molar-refractivity contribution in [3.8, 4) is 5.75 Å². The molecule has 0 atom stereocenters. The molecule has 3 aromatic rings. The Morgan fingerprint density at radius 2 is 1.90 bits per heavy atom. The number of aromatic nitrogens is 2. The van der Waals surface area contributed by atoms with Crippen molar-refractivity contribution in [2.75, 3.05) is 31.2 Å². The lowest BCUT2D eigenvalue weighted by Gasteiger charge is -2.28. The van der Waals surface area contributed by atoms with Crippen molar-refractivity contribution in [1.82, 2.24) is 9.38 Å². The number of hydrogen-bond acceptors (Lipinski definition) is 6. The van der Waals surface area contributed by atoms with Crippen molar-refractivity contribution in [1.29, 1.82) is 0 Å². The van der Waals surface area contributed by atoms with Crippen molar-refractivity contribution in [3.05, 3.63) is 68.2 Å². The molecule has 0 unspecified atom stereocenters. The third kappa shape index (κ3) is 4.14. The topological polar surface area (TPSA) is 84.1 Å². The number of aryl methyl sites for hydroxylation is 1. The van der Waals surface area contributed by atoms with Crippen LogP contribution >= 0.6 is 23.2 Å². The van der Waals surface area contributed by atoms with Gasteiger partial charge in [-0.25, -0.2) is 4.98 Å². The first-order chi connectivity index (χ1) is 14.4. The Kier molecular flexibility index (Phi) is 5.94. The van der Waals surface area contributed by atoms with Crippen molar-refractivity contribution < 1.29 is 14.6 Å². The van der Waals surface area contributed by atoms with Crippen LogP contribution in [0.25, 0.3) is 5.65 Å². The number of pyridine rings is 1. The molecular weight excluding hydrogens is 429 g/mol. The summed E-state index contributed by atoms with van der Waals surface area (Å²) in [6.07, 6.45) is 2.08. The van der Waals surface area contributed by atoms with Crippen LogP contribution in [0.5, 0.6) is 5.75 Å². The largest absolute Gasteiger partial charge is 0.501 e. The highest BCUT2D eigenvalue weighted by Crippen LogP contribution is 2.24.